The van der Waals surface area contributed by atoms with E-state index in [4.69, 9.17) is 0 Å². The molecule has 1 saturated heterocycles. The average molecular weight is 447 g/mol. The molecule has 3 heterocycles. The molecule has 2 aliphatic heterocycles. The van der Waals surface area contributed by atoms with E-state index in [2.05, 4.69) is 18.8 Å². The number of nitrogens with zero attached hydrogens (tertiary/aromatic N) is 3. The standard InChI is InChI=1S/C25H26N4O4/c1-15(2)10-11-27-14-22(30)28-21(25(27)31)13-19-18-8-3-4-9-20(18)26-23(19)24(28)16-6-5-7-17(12-16)29(32)33/h3-9,12,15,21,24,26H,10-11,13-14H2,1-2H3/t21-,24+/m0/s1. The summed E-state index contributed by atoms with van der Waals surface area (Å²) >= 11 is 0. The molecule has 33 heavy (non-hydrogen) atoms. The van der Waals surface area contributed by atoms with Gasteiger partial charge in [-0.05, 0) is 29.5 Å². The first kappa shape index (κ1) is 21.2. The van der Waals surface area contributed by atoms with Gasteiger partial charge < -0.3 is 14.8 Å². The number of hydrogen-bond donors (Lipinski definition) is 1. The van der Waals surface area contributed by atoms with Crippen LogP contribution in [0.4, 0.5) is 5.69 Å². The minimum atomic E-state index is -0.630. The Morgan fingerprint density at radius 1 is 1.15 bits per heavy atom. The lowest BCUT2D eigenvalue weighted by Crippen LogP contribution is -2.63. The molecule has 2 atom stereocenters. The third kappa shape index (κ3) is 3.55. The van der Waals surface area contributed by atoms with Gasteiger partial charge in [-0.2, -0.15) is 0 Å². The Balaban J connectivity index is 1.65. The van der Waals surface area contributed by atoms with Gasteiger partial charge in [-0.15, -0.1) is 0 Å². The van der Waals surface area contributed by atoms with Crippen LogP contribution in [0.15, 0.2) is 48.5 Å². The van der Waals surface area contributed by atoms with Gasteiger partial charge in [-0.25, -0.2) is 0 Å². The summed E-state index contributed by atoms with van der Waals surface area (Å²) in [6.07, 6.45) is 1.26. The van der Waals surface area contributed by atoms with Crippen LogP contribution in [0.1, 0.15) is 43.1 Å². The summed E-state index contributed by atoms with van der Waals surface area (Å²) in [6.45, 7) is 4.78. The largest absolute Gasteiger partial charge is 0.356 e. The van der Waals surface area contributed by atoms with Gasteiger partial charge in [0, 0.05) is 41.7 Å². The van der Waals surface area contributed by atoms with Crippen molar-refractivity contribution in [2.24, 2.45) is 5.92 Å². The Kier molecular flexibility index (Phi) is 5.15. The number of piperazine rings is 1. The Morgan fingerprint density at radius 2 is 1.94 bits per heavy atom. The summed E-state index contributed by atoms with van der Waals surface area (Å²) in [7, 11) is 0. The zero-order chi connectivity index (χ0) is 23.3. The fraction of sp³-hybridized carbons (Fsp3) is 0.360. The van der Waals surface area contributed by atoms with E-state index in [0.29, 0.717) is 24.4 Å². The van der Waals surface area contributed by atoms with Crippen molar-refractivity contribution in [3.05, 3.63) is 75.5 Å². The number of amides is 2. The SMILES string of the molecule is CC(C)CCN1CC(=O)N2[C@H](c3cccc([N+](=O)[O-])c3)c3[nH]c4ccccc4c3C[C@H]2C1=O. The van der Waals surface area contributed by atoms with E-state index < -0.39 is 17.0 Å². The third-order valence-corrected chi connectivity index (χ3v) is 6.72. The number of aromatic nitrogens is 1. The molecule has 170 valence electrons. The van der Waals surface area contributed by atoms with Gasteiger partial charge in [-0.1, -0.05) is 44.2 Å². The molecule has 1 aromatic heterocycles. The predicted octanol–water partition coefficient (Wildman–Crippen LogP) is 3.81. The predicted molar refractivity (Wildman–Crippen MR) is 124 cm³/mol. The first-order valence-corrected chi connectivity index (χ1v) is 11.3. The molecule has 8 nitrogen and oxygen atoms in total. The van der Waals surface area contributed by atoms with E-state index in [9.17, 15) is 19.7 Å². The maximum atomic E-state index is 13.6. The number of hydrogen-bond acceptors (Lipinski definition) is 4. The van der Waals surface area contributed by atoms with Gasteiger partial charge in [0.1, 0.15) is 6.04 Å². The maximum Gasteiger partial charge on any atom is 0.269 e. The molecule has 0 unspecified atom stereocenters. The number of para-hydroxylation sites is 1. The van der Waals surface area contributed by atoms with Crippen LogP contribution in [0.2, 0.25) is 0 Å². The lowest BCUT2D eigenvalue weighted by Gasteiger charge is -2.47. The number of benzene rings is 2. The van der Waals surface area contributed by atoms with Crippen LogP contribution in [0, 0.1) is 16.0 Å². The minimum Gasteiger partial charge on any atom is -0.356 e. The zero-order valence-electron chi connectivity index (χ0n) is 18.7. The van der Waals surface area contributed by atoms with E-state index in [0.717, 1.165) is 28.6 Å². The van der Waals surface area contributed by atoms with Gasteiger partial charge in [0.25, 0.3) is 5.69 Å². The number of aromatic amines is 1. The number of nitro benzene ring substituents is 1. The van der Waals surface area contributed by atoms with E-state index in [1.54, 1.807) is 21.9 Å². The topological polar surface area (TPSA) is 99.5 Å². The van der Waals surface area contributed by atoms with Gasteiger partial charge in [0.15, 0.2) is 0 Å². The Labute approximate surface area is 191 Å². The Morgan fingerprint density at radius 3 is 2.70 bits per heavy atom. The zero-order valence-corrected chi connectivity index (χ0v) is 18.7. The Hall–Kier alpha value is -3.68. The molecule has 5 rings (SSSR count). The lowest BCUT2D eigenvalue weighted by molar-refractivity contribution is -0.384. The molecule has 0 bridgehead atoms. The van der Waals surface area contributed by atoms with Crippen molar-refractivity contribution in [2.75, 3.05) is 13.1 Å². The highest BCUT2D eigenvalue weighted by Crippen LogP contribution is 2.43. The van der Waals surface area contributed by atoms with E-state index in [1.165, 1.54) is 12.1 Å². The number of nitro groups is 1. The molecule has 2 amide bonds. The second-order valence-corrected chi connectivity index (χ2v) is 9.28. The van der Waals surface area contributed by atoms with Gasteiger partial charge in [0.2, 0.25) is 11.8 Å². The number of H-pyrrole nitrogens is 1. The quantitative estimate of drug-likeness (QED) is 0.476. The van der Waals surface area contributed by atoms with Gasteiger partial charge in [0.05, 0.1) is 17.5 Å². The first-order chi connectivity index (χ1) is 15.8. The van der Waals surface area contributed by atoms with Crippen molar-refractivity contribution in [1.29, 1.82) is 0 Å². The molecule has 0 spiro atoms. The maximum absolute atomic E-state index is 13.6. The van der Waals surface area contributed by atoms with Crippen molar-refractivity contribution in [1.82, 2.24) is 14.8 Å². The van der Waals surface area contributed by atoms with E-state index >= 15 is 0 Å². The monoisotopic (exact) mass is 446 g/mol. The van der Waals surface area contributed by atoms with E-state index in [1.807, 2.05) is 24.3 Å². The van der Waals surface area contributed by atoms with Crippen LogP contribution >= 0.6 is 0 Å². The highest BCUT2D eigenvalue weighted by Gasteiger charge is 2.48. The van der Waals surface area contributed by atoms with Crippen LogP contribution in [-0.2, 0) is 16.0 Å². The fourth-order valence-corrected chi connectivity index (χ4v) is 5.08. The van der Waals surface area contributed by atoms with E-state index in [-0.39, 0.29) is 24.0 Å². The first-order valence-electron chi connectivity index (χ1n) is 11.3. The summed E-state index contributed by atoms with van der Waals surface area (Å²) in [6, 6.07) is 13.0. The smallest absolute Gasteiger partial charge is 0.269 e. The van der Waals surface area contributed by atoms with Crippen molar-refractivity contribution in [3.63, 3.8) is 0 Å². The molecular formula is C25H26N4O4. The molecule has 2 aliphatic rings. The molecule has 2 aromatic carbocycles. The lowest BCUT2D eigenvalue weighted by atomic mass is 9.86. The summed E-state index contributed by atoms with van der Waals surface area (Å²) in [4.78, 5) is 44.8. The molecule has 1 N–H and O–H groups in total. The second-order valence-electron chi connectivity index (χ2n) is 9.28. The molecular weight excluding hydrogens is 420 g/mol. The van der Waals surface area contributed by atoms with Crippen LogP contribution in [0.5, 0.6) is 0 Å². The summed E-state index contributed by atoms with van der Waals surface area (Å²) in [5.74, 6) is 0.237. The second kappa shape index (κ2) is 8.03. The van der Waals surface area contributed by atoms with Crippen molar-refractivity contribution >= 4 is 28.4 Å². The number of carbonyl (C=O) groups is 2. The normalized spacial score (nSPS) is 20.3. The summed E-state index contributed by atoms with van der Waals surface area (Å²) in [5, 5.41) is 12.5. The fourth-order valence-electron chi connectivity index (χ4n) is 5.08. The molecule has 0 saturated carbocycles. The Bertz CT molecular complexity index is 1260. The third-order valence-electron chi connectivity index (χ3n) is 6.72. The van der Waals surface area contributed by atoms with Crippen LogP contribution in [-0.4, -0.2) is 50.7 Å². The van der Waals surface area contributed by atoms with Crippen LogP contribution in [0.3, 0.4) is 0 Å². The van der Waals surface area contributed by atoms with Crippen molar-refractivity contribution < 1.29 is 14.5 Å². The number of rotatable bonds is 5. The highest BCUT2D eigenvalue weighted by atomic mass is 16.6. The highest BCUT2D eigenvalue weighted by molar-refractivity contribution is 5.97. The van der Waals surface area contributed by atoms with Gasteiger partial charge >= 0.3 is 0 Å². The molecule has 8 heteroatoms. The molecule has 1 fully saturated rings. The number of fused-ring (bicyclic) bond motifs is 4. The van der Waals surface area contributed by atoms with Crippen molar-refractivity contribution in [2.45, 2.75) is 38.8 Å². The van der Waals surface area contributed by atoms with Gasteiger partial charge in [-0.3, -0.25) is 19.7 Å². The average Bonchev–Trinajstić information content (AvgIpc) is 3.17. The number of non-ortho nitro benzene ring substituents is 1. The summed E-state index contributed by atoms with van der Waals surface area (Å²) in [5.41, 5.74) is 3.33. The van der Waals surface area contributed by atoms with Crippen LogP contribution in [0.25, 0.3) is 10.9 Å². The molecule has 0 aliphatic carbocycles. The summed E-state index contributed by atoms with van der Waals surface area (Å²) < 4.78 is 0. The number of carbonyl (C=O) groups excluding carboxylic acids is 2. The molecule has 0 radical (unpaired) electrons. The van der Waals surface area contributed by atoms with Crippen LogP contribution < -0.4 is 0 Å². The minimum absolute atomic E-state index is 0.0308. The van der Waals surface area contributed by atoms with Crippen molar-refractivity contribution in [3.8, 4) is 0 Å². The number of nitrogens with one attached hydrogen (secondary N) is 1. The molecule has 3 aromatic rings.